The SMILES string of the molecule is COc1ccc(-c2ccc(=O)n(CC(=O)Nc3ccc(C(C)C)cc3)n2)cc1. The molecule has 0 saturated carbocycles. The fourth-order valence-corrected chi connectivity index (χ4v) is 2.77. The summed E-state index contributed by atoms with van der Waals surface area (Å²) in [5.41, 5.74) is 3.00. The molecule has 0 bridgehead atoms. The van der Waals surface area contributed by atoms with Crippen LogP contribution >= 0.6 is 0 Å². The van der Waals surface area contributed by atoms with E-state index in [1.54, 1.807) is 13.2 Å². The van der Waals surface area contributed by atoms with E-state index in [2.05, 4.69) is 24.3 Å². The lowest BCUT2D eigenvalue weighted by molar-refractivity contribution is -0.117. The summed E-state index contributed by atoms with van der Waals surface area (Å²) in [6.45, 7) is 4.07. The van der Waals surface area contributed by atoms with Gasteiger partial charge in [0.1, 0.15) is 12.3 Å². The molecule has 1 aromatic heterocycles. The van der Waals surface area contributed by atoms with Gasteiger partial charge in [-0.15, -0.1) is 0 Å². The van der Waals surface area contributed by atoms with Gasteiger partial charge in [0.05, 0.1) is 12.8 Å². The van der Waals surface area contributed by atoms with E-state index in [9.17, 15) is 9.59 Å². The van der Waals surface area contributed by atoms with Crippen molar-refractivity contribution in [1.29, 1.82) is 0 Å². The highest BCUT2D eigenvalue weighted by Gasteiger charge is 2.09. The Kier molecular flexibility index (Phi) is 5.89. The zero-order valence-corrected chi connectivity index (χ0v) is 16.2. The van der Waals surface area contributed by atoms with Crippen molar-refractivity contribution >= 4 is 11.6 Å². The average Bonchev–Trinajstić information content (AvgIpc) is 2.70. The minimum Gasteiger partial charge on any atom is -0.497 e. The number of carbonyl (C=O) groups is 1. The number of rotatable bonds is 6. The molecule has 3 rings (SSSR count). The van der Waals surface area contributed by atoms with Gasteiger partial charge >= 0.3 is 0 Å². The van der Waals surface area contributed by atoms with E-state index in [4.69, 9.17) is 4.74 Å². The Morgan fingerprint density at radius 3 is 2.32 bits per heavy atom. The zero-order valence-electron chi connectivity index (χ0n) is 16.2. The first kappa shape index (κ1) is 19.4. The van der Waals surface area contributed by atoms with Gasteiger partial charge in [-0.05, 0) is 53.9 Å². The summed E-state index contributed by atoms with van der Waals surface area (Å²) in [6, 6.07) is 18.1. The molecule has 2 aromatic carbocycles. The van der Waals surface area contributed by atoms with E-state index in [1.807, 2.05) is 48.5 Å². The number of aromatic nitrogens is 2. The van der Waals surface area contributed by atoms with Crippen molar-refractivity contribution in [2.24, 2.45) is 0 Å². The summed E-state index contributed by atoms with van der Waals surface area (Å²) < 4.78 is 6.31. The van der Waals surface area contributed by atoms with Crippen molar-refractivity contribution in [1.82, 2.24) is 9.78 Å². The van der Waals surface area contributed by atoms with Crippen LogP contribution < -0.4 is 15.6 Å². The van der Waals surface area contributed by atoms with Crippen molar-refractivity contribution in [3.8, 4) is 17.0 Å². The highest BCUT2D eigenvalue weighted by Crippen LogP contribution is 2.20. The monoisotopic (exact) mass is 377 g/mol. The highest BCUT2D eigenvalue weighted by molar-refractivity contribution is 5.90. The van der Waals surface area contributed by atoms with Gasteiger partial charge in [-0.1, -0.05) is 26.0 Å². The minimum atomic E-state index is -0.331. The maximum Gasteiger partial charge on any atom is 0.267 e. The molecular formula is C22H23N3O3. The third-order valence-electron chi connectivity index (χ3n) is 4.41. The molecule has 28 heavy (non-hydrogen) atoms. The molecule has 0 saturated heterocycles. The van der Waals surface area contributed by atoms with Crippen molar-refractivity contribution in [2.75, 3.05) is 12.4 Å². The van der Waals surface area contributed by atoms with Crippen LogP contribution in [0.25, 0.3) is 11.3 Å². The van der Waals surface area contributed by atoms with E-state index in [1.165, 1.54) is 11.6 Å². The third-order valence-corrected chi connectivity index (χ3v) is 4.41. The van der Waals surface area contributed by atoms with Gasteiger partial charge in [0.25, 0.3) is 5.56 Å². The third kappa shape index (κ3) is 4.65. The quantitative estimate of drug-likeness (QED) is 0.711. The Morgan fingerprint density at radius 1 is 1.04 bits per heavy atom. The molecule has 3 aromatic rings. The number of nitrogens with one attached hydrogen (secondary N) is 1. The van der Waals surface area contributed by atoms with Crippen LogP contribution in [0, 0.1) is 0 Å². The van der Waals surface area contributed by atoms with Crippen LogP contribution in [-0.2, 0) is 11.3 Å². The van der Waals surface area contributed by atoms with Gasteiger partial charge in [0.2, 0.25) is 5.91 Å². The number of methoxy groups -OCH3 is 1. The standard InChI is InChI=1S/C22H23N3O3/c1-15(2)16-4-8-18(9-5-16)23-21(26)14-25-22(27)13-12-20(24-25)17-6-10-19(28-3)11-7-17/h4-13,15H,14H2,1-3H3,(H,23,26). The average molecular weight is 377 g/mol. The van der Waals surface area contributed by atoms with E-state index in [0.29, 0.717) is 17.3 Å². The second-order valence-corrected chi connectivity index (χ2v) is 6.77. The Balaban J connectivity index is 1.74. The molecule has 144 valence electrons. The summed E-state index contributed by atoms with van der Waals surface area (Å²) in [6.07, 6.45) is 0. The van der Waals surface area contributed by atoms with Gasteiger partial charge < -0.3 is 10.1 Å². The summed E-state index contributed by atoms with van der Waals surface area (Å²) >= 11 is 0. The van der Waals surface area contributed by atoms with E-state index >= 15 is 0 Å². The molecular weight excluding hydrogens is 354 g/mol. The molecule has 1 heterocycles. The molecule has 0 radical (unpaired) electrons. The molecule has 0 fully saturated rings. The van der Waals surface area contributed by atoms with Crippen molar-refractivity contribution < 1.29 is 9.53 Å². The number of hydrogen-bond acceptors (Lipinski definition) is 4. The van der Waals surface area contributed by atoms with Gasteiger partial charge in [-0.3, -0.25) is 9.59 Å². The van der Waals surface area contributed by atoms with Gasteiger partial charge in [-0.25, -0.2) is 4.68 Å². The Labute approximate surface area is 163 Å². The Bertz CT molecular complexity index is 1010. The number of anilines is 1. The predicted molar refractivity (Wildman–Crippen MR) is 110 cm³/mol. The fourth-order valence-electron chi connectivity index (χ4n) is 2.77. The first-order valence-corrected chi connectivity index (χ1v) is 9.08. The number of benzene rings is 2. The highest BCUT2D eigenvalue weighted by atomic mass is 16.5. The smallest absolute Gasteiger partial charge is 0.267 e. The van der Waals surface area contributed by atoms with Crippen LogP contribution in [0.2, 0.25) is 0 Å². The van der Waals surface area contributed by atoms with Crippen LogP contribution in [0.3, 0.4) is 0 Å². The first-order chi connectivity index (χ1) is 13.5. The lowest BCUT2D eigenvalue weighted by Crippen LogP contribution is -2.29. The summed E-state index contributed by atoms with van der Waals surface area (Å²) in [5.74, 6) is 0.854. The predicted octanol–water partition coefficient (Wildman–Crippen LogP) is 3.68. The molecule has 6 nitrogen and oxygen atoms in total. The Morgan fingerprint density at radius 2 is 1.71 bits per heavy atom. The number of carbonyl (C=O) groups excluding carboxylic acids is 1. The van der Waals surface area contributed by atoms with Crippen molar-refractivity contribution in [2.45, 2.75) is 26.3 Å². The molecule has 6 heteroatoms. The van der Waals surface area contributed by atoms with E-state index in [-0.39, 0.29) is 18.0 Å². The number of nitrogens with zero attached hydrogens (tertiary/aromatic N) is 2. The van der Waals surface area contributed by atoms with E-state index < -0.39 is 0 Å². The Hall–Kier alpha value is -3.41. The van der Waals surface area contributed by atoms with Crippen LogP contribution in [0.1, 0.15) is 25.3 Å². The maximum atomic E-state index is 12.4. The first-order valence-electron chi connectivity index (χ1n) is 9.08. The molecule has 0 aliphatic heterocycles. The summed E-state index contributed by atoms with van der Waals surface area (Å²) in [5, 5.41) is 7.12. The second-order valence-electron chi connectivity index (χ2n) is 6.77. The van der Waals surface area contributed by atoms with E-state index in [0.717, 1.165) is 16.0 Å². The molecule has 1 N–H and O–H groups in total. The lowest BCUT2D eigenvalue weighted by Gasteiger charge is -2.10. The maximum absolute atomic E-state index is 12.4. The van der Waals surface area contributed by atoms with Crippen molar-refractivity contribution in [3.63, 3.8) is 0 Å². The number of hydrogen-bond donors (Lipinski definition) is 1. The summed E-state index contributed by atoms with van der Waals surface area (Å²) in [4.78, 5) is 24.5. The van der Waals surface area contributed by atoms with Crippen LogP contribution in [0.15, 0.2) is 65.5 Å². The molecule has 0 unspecified atom stereocenters. The van der Waals surface area contributed by atoms with Gasteiger partial charge in [0.15, 0.2) is 0 Å². The second kappa shape index (κ2) is 8.52. The summed E-state index contributed by atoms with van der Waals surface area (Å²) in [7, 11) is 1.60. The topological polar surface area (TPSA) is 73.2 Å². The zero-order chi connectivity index (χ0) is 20.1. The lowest BCUT2D eigenvalue weighted by atomic mass is 10.0. The van der Waals surface area contributed by atoms with Crippen LogP contribution in [-0.4, -0.2) is 22.8 Å². The largest absolute Gasteiger partial charge is 0.497 e. The number of ether oxygens (including phenoxy) is 1. The molecule has 0 aliphatic carbocycles. The molecule has 0 aliphatic rings. The molecule has 0 atom stereocenters. The fraction of sp³-hybridized carbons (Fsp3) is 0.227. The van der Waals surface area contributed by atoms with Crippen LogP contribution in [0.5, 0.6) is 5.75 Å². The molecule has 0 spiro atoms. The van der Waals surface area contributed by atoms with Crippen LogP contribution in [0.4, 0.5) is 5.69 Å². The van der Waals surface area contributed by atoms with Gasteiger partial charge in [0, 0.05) is 17.3 Å². The van der Waals surface area contributed by atoms with Gasteiger partial charge in [-0.2, -0.15) is 5.10 Å². The van der Waals surface area contributed by atoms with Crippen molar-refractivity contribution in [3.05, 3.63) is 76.6 Å². The minimum absolute atomic E-state index is 0.158. The number of amides is 1. The normalized spacial score (nSPS) is 10.7. The molecule has 1 amide bonds.